The molecule has 100 valence electrons. The fourth-order valence-electron chi connectivity index (χ4n) is 3.41. The fraction of sp³-hybridized carbons (Fsp3) is 0.294. The van der Waals surface area contributed by atoms with Crippen LogP contribution in [0.4, 0.5) is 5.69 Å². The van der Waals surface area contributed by atoms with Gasteiger partial charge in [0.05, 0.1) is 5.69 Å². The molecule has 2 atom stereocenters. The molecule has 0 saturated heterocycles. The number of benzene rings is 2. The molecule has 2 aliphatic rings. The Morgan fingerprint density at radius 3 is 2.65 bits per heavy atom. The van der Waals surface area contributed by atoms with Gasteiger partial charge in [0, 0.05) is 24.6 Å². The number of hydrogen-bond donors (Lipinski definition) is 0. The molecule has 0 aromatic heterocycles. The van der Waals surface area contributed by atoms with Gasteiger partial charge >= 0.3 is 0 Å². The lowest BCUT2D eigenvalue weighted by Gasteiger charge is -2.34. The molecule has 0 amide bonds. The van der Waals surface area contributed by atoms with Crippen molar-refractivity contribution in [3.05, 3.63) is 65.2 Å². The highest BCUT2D eigenvalue weighted by molar-refractivity contribution is 5.51. The third kappa shape index (κ3) is 1.78. The van der Waals surface area contributed by atoms with Crippen molar-refractivity contribution < 1.29 is 0 Å². The van der Waals surface area contributed by atoms with Crippen LogP contribution in [0.3, 0.4) is 0 Å². The van der Waals surface area contributed by atoms with Gasteiger partial charge in [-0.25, -0.2) is 0 Å². The molecular weight excluding hydrogens is 246 g/mol. The zero-order valence-electron chi connectivity index (χ0n) is 11.5. The highest BCUT2D eigenvalue weighted by atomic mass is 15.2. The van der Waals surface area contributed by atoms with Gasteiger partial charge in [0.2, 0.25) is 0 Å². The standard InChI is InChI=1S/C17H17N3/c1-20-10-12-6-2-3-7-13(12)15(11-20)17-14-8-4-5-9-16(14)18-19-17/h2-9,15,17H,10-11H2,1H3. The Morgan fingerprint density at radius 2 is 1.75 bits per heavy atom. The topological polar surface area (TPSA) is 28.0 Å². The van der Waals surface area contributed by atoms with Crippen LogP contribution in [-0.2, 0) is 6.54 Å². The van der Waals surface area contributed by atoms with E-state index in [1.54, 1.807) is 0 Å². The molecule has 0 N–H and O–H groups in total. The predicted octanol–water partition coefficient (Wildman–Crippen LogP) is 4.05. The Hall–Kier alpha value is -2.00. The summed E-state index contributed by atoms with van der Waals surface area (Å²) in [6.07, 6.45) is 0. The van der Waals surface area contributed by atoms with Gasteiger partial charge in [-0.1, -0.05) is 42.5 Å². The highest BCUT2D eigenvalue weighted by Crippen LogP contribution is 2.46. The molecule has 0 saturated carbocycles. The molecule has 0 spiro atoms. The Bertz CT molecular complexity index is 677. The number of hydrogen-bond acceptors (Lipinski definition) is 3. The van der Waals surface area contributed by atoms with Crippen LogP contribution in [0, 0.1) is 0 Å². The average molecular weight is 263 g/mol. The van der Waals surface area contributed by atoms with Gasteiger partial charge < -0.3 is 4.90 Å². The third-order valence-electron chi connectivity index (χ3n) is 4.33. The van der Waals surface area contributed by atoms with Crippen LogP contribution in [0.2, 0.25) is 0 Å². The lowest BCUT2D eigenvalue weighted by atomic mass is 9.82. The van der Waals surface area contributed by atoms with Crippen molar-refractivity contribution in [1.82, 2.24) is 4.90 Å². The quantitative estimate of drug-likeness (QED) is 0.762. The van der Waals surface area contributed by atoms with Crippen LogP contribution in [0.5, 0.6) is 0 Å². The molecule has 3 heteroatoms. The molecule has 2 aliphatic heterocycles. The maximum atomic E-state index is 4.56. The molecule has 0 fully saturated rings. The van der Waals surface area contributed by atoms with Crippen molar-refractivity contribution in [2.75, 3.05) is 13.6 Å². The van der Waals surface area contributed by atoms with Gasteiger partial charge in [0.15, 0.2) is 0 Å². The summed E-state index contributed by atoms with van der Waals surface area (Å²) in [6.45, 7) is 2.06. The molecule has 0 bridgehead atoms. The average Bonchev–Trinajstić information content (AvgIpc) is 2.90. The number of likely N-dealkylation sites (N-methyl/N-ethyl adjacent to an activating group) is 1. The second-order valence-electron chi connectivity index (χ2n) is 5.72. The molecule has 2 aromatic rings. The maximum Gasteiger partial charge on any atom is 0.106 e. The van der Waals surface area contributed by atoms with Gasteiger partial charge in [-0.3, -0.25) is 0 Å². The monoisotopic (exact) mass is 263 g/mol. The maximum absolute atomic E-state index is 4.56. The molecule has 20 heavy (non-hydrogen) atoms. The van der Waals surface area contributed by atoms with Crippen LogP contribution in [0.1, 0.15) is 28.7 Å². The summed E-state index contributed by atoms with van der Waals surface area (Å²) in [5.41, 5.74) is 5.16. The van der Waals surface area contributed by atoms with E-state index in [4.69, 9.17) is 0 Å². The Balaban J connectivity index is 1.79. The number of azo groups is 1. The van der Waals surface area contributed by atoms with Crippen molar-refractivity contribution in [2.24, 2.45) is 10.2 Å². The second kappa shape index (κ2) is 4.53. The van der Waals surface area contributed by atoms with Crippen LogP contribution in [0.25, 0.3) is 0 Å². The third-order valence-corrected chi connectivity index (χ3v) is 4.33. The molecule has 3 nitrogen and oxygen atoms in total. The first-order chi connectivity index (χ1) is 9.83. The fourth-order valence-corrected chi connectivity index (χ4v) is 3.41. The molecule has 2 aromatic carbocycles. The van der Waals surface area contributed by atoms with E-state index in [1.165, 1.54) is 16.7 Å². The zero-order chi connectivity index (χ0) is 13.5. The summed E-state index contributed by atoms with van der Waals surface area (Å²) in [7, 11) is 2.18. The minimum Gasteiger partial charge on any atom is -0.301 e. The zero-order valence-corrected chi connectivity index (χ0v) is 11.5. The summed E-state index contributed by atoms with van der Waals surface area (Å²) < 4.78 is 0. The molecule has 2 heterocycles. The summed E-state index contributed by atoms with van der Waals surface area (Å²) in [4.78, 5) is 2.38. The minimum atomic E-state index is 0.162. The number of fused-ring (bicyclic) bond motifs is 2. The summed E-state index contributed by atoms with van der Waals surface area (Å²) in [5.74, 6) is 0.400. The molecule has 0 aliphatic carbocycles. The van der Waals surface area contributed by atoms with Crippen molar-refractivity contribution in [1.29, 1.82) is 0 Å². The highest BCUT2D eigenvalue weighted by Gasteiger charge is 2.34. The predicted molar refractivity (Wildman–Crippen MR) is 79.2 cm³/mol. The SMILES string of the molecule is CN1Cc2ccccc2C(C2N=Nc3ccccc32)C1. The number of rotatable bonds is 1. The summed E-state index contributed by atoms with van der Waals surface area (Å²) in [5, 5.41) is 8.92. The smallest absolute Gasteiger partial charge is 0.106 e. The Kier molecular flexibility index (Phi) is 2.67. The van der Waals surface area contributed by atoms with Crippen molar-refractivity contribution >= 4 is 5.69 Å². The van der Waals surface area contributed by atoms with E-state index >= 15 is 0 Å². The summed E-state index contributed by atoms with van der Waals surface area (Å²) >= 11 is 0. The van der Waals surface area contributed by atoms with E-state index in [9.17, 15) is 0 Å². The van der Waals surface area contributed by atoms with Crippen LogP contribution in [0.15, 0.2) is 58.8 Å². The Labute approximate surface area is 119 Å². The molecular formula is C17H17N3. The first kappa shape index (κ1) is 11.8. The van der Waals surface area contributed by atoms with E-state index in [0.29, 0.717) is 5.92 Å². The second-order valence-corrected chi connectivity index (χ2v) is 5.72. The summed E-state index contributed by atoms with van der Waals surface area (Å²) in [6, 6.07) is 17.2. The van der Waals surface area contributed by atoms with E-state index in [2.05, 4.69) is 64.6 Å². The van der Waals surface area contributed by atoms with Crippen LogP contribution < -0.4 is 0 Å². The number of nitrogens with zero attached hydrogens (tertiary/aromatic N) is 3. The van der Waals surface area contributed by atoms with Crippen molar-refractivity contribution in [3.63, 3.8) is 0 Å². The molecule has 2 unspecified atom stereocenters. The first-order valence-electron chi connectivity index (χ1n) is 7.09. The van der Waals surface area contributed by atoms with E-state index in [-0.39, 0.29) is 6.04 Å². The van der Waals surface area contributed by atoms with Gasteiger partial charge in [0.25, 0.3) is 0 Å². The molecule has 0 radical (unpaired) electrons. The molecule has 4 rings (SSSR count). The van der Waals surface area contributed by atoms with Crippen molar-refractivity contribution in [2.45, 2.75) is 18.5 Å². The van der Waals surface area contributed by atoms with E-state index in [1.807, 2.05) is 6.07 Å². The van der Waals surface area contributed by atoms with Gasteiger partial charge in [-0.15, -0.1) is 0 Å². The first-order valence-corrected chi connectivity index (χ1v) is 7.09. The van der Waals surface area contributed by atoms with Gasteiger partial charge in [-0.2, -0.15) is 10.2 Å². The van der Waals surface area contributed by atoms with E-state index < -0.39 is 0 Å². The lowest BCUT2D eigenvalue weighted by Crippen LogP contribution is -2.32. The normalized spacial score (nSPS) is 24.4. The van der Waals surface area contributed by atoms with Gasteiger partial charge in [0.1, 0.15) is 6.04 Å². The van der Waals surface area contributed by atoms with Crippen LogP contribution in [-0.4, -0.2) is 18.5 Å². The van der Waals surface area contributed by atoms with E-state index in [0.717, 1.165) is 18.8 Å². The minimum absolute atomic E-state index is 0.162. The lowest BCUT2D eigenvalue weighted by molar-refractivity contribution is 0.264. The van der Waals surface area contributed by atoms with Gasteiger partial charge in [-0.05, 0) is 24.2 Å². The Morgan fingerprint density at radius 1 is 1.00 bits per heavy atom. The van der Waals surface area contributed by atoms with Crippen molar-refractivity contribution in [3.8, 4) is 0 Å². The van der Waals surface area contributed by atoms with Crippen LogP contribution >= 0.6 is 0 Å². The largest absolute Gasteiger partial charge is 0.301 e.